The minimum absolute atomic E-state index is 0.0865. The summed E-state index contributed by atoms with van der Waals surface area (Å²) in [6.07, 6.45) is 5.36. The maximum atomic E-state index is 13.4. The van der Waals surface area contributed by atoms with Gasteiger partial charge in [0, 0.05) is 22.2 Å². The predicted molar refractivity (Wildman–Crippen MR) is 128 cm³/mol. The SMILES string of the molecule is Cc1cn2c(C=CC(=O)c3ccc(-c4ccccc4)cc3)c(-c3ccc(F)cc3)nc2s1. The van der Waals surface area contributed by atoms with E-state index in [0.717, 1.165) is 37.9 Å². The highest BCUT2D eigenvalue weighted by Crippen LogP contribution is 2.29. The Balaban J connectivity index is 1.47. The number of hydrogen-bond donors (Lipinski definition) is 0. The zero-order chi connectivity index (χ0) is 22.1. The van der Waals surface area contributed by atoms with Crippen LogP contribution >= 0.6 is 11.3 Å². The van der Waals surface area contributed by atoms with Gasteiger partial charge in [0.25, 0.3) is 0 Å². The molecule has 0 N–H and O–H groups in total. The van der Waals surface area contributed by atoms with Crippen LogP contribution in [0.2, 0.25) is 0 Å². The van der Waals surface area contributed by atoms with Gasteiger partial charge < -0.3 is 0 Å². The first-order valence-electron chi connectivity index (χ1n) is 10.2. The van der Waals surface area contributed by atoms with Gasteiger partial charge >= 0.3 is 0 Å². The third-order valence-corrected chi connectivity index (χ3v) is 6.16. The van der Waals surface area contributed by atoms with E-state index in [1.165, 1.54) is 12.1 Å². The second-order valence-electron chi connectivity index (χ2n) is 7.49. The number of ketones is 1. The van der Waals surface area contributed by atoms with Crippen LogP contribution in [-0.2, 0) is 0 Å². The van der Waals surface area contributed by atoms with Crippen molar-refractivity contribution in [1.29, 1.82) is 0 Å². The summed E-state index contributed by atoms with van der Waals surface area (Å²) in [5.74, 6) is -0.381. The number of carbonyl (C=O) groups excluding carboxylic acids is 1. The smallest absolute Gasteiger partial charge is 0.194 e. The molecule has 0 atom stereocenters. The lowest BCUT2D eigenvalue weighted by Crippen LogP contribution is -1.95. The number of carbonyl (C=O) groups is 1. The third-order valence-electron chi connectivity index (χ3n) is 5.27. The summed E-state index contributed by atoms with van der Waals surface area (Å²) >= 11 is 1.57. The highest BCUT2D eigenvalue weighted by molar-refractivity contribution is 7.17. The molecule has 3 nitrogen and oxygen atoms in total. The molecule has 0 amide bonds. The molecule has 0 aliphatic carbocycles. The number of nitrogens with zero attached hydrogens (tertiary/aromatic N) is 2. The Morgan fingerprint density at radius 3 is 2.28 bits per heavy atom. The molecule has 0 spiro atoms. The summed E-state index contributed by atoms with van der Waals surface area (Å²) in [6, 6.07) is 23.9. The van der Waals surface area contributed by atoms with Crippen molar-refractivity contribution in [2.24, 2.45) is 0 Å². The van der Waals surface area contributed by atoms with E-state index in [4.69, 9.17) is 4.98 Å². The summed E-state index contributed by atoms with van der Waals surface area (Å²) in [4.78, 5) is 19.5. The predicted octanol–water partition coefficient (Wildman–Crippen LogP) is 7.07. The summed E-state index contributed by atoms with van der Waals surface area (Å²) in [5.41, 5.74) is 5.12. The topological polar surface area (TPSA) is 34.4 Å². The quantitative estimate of drug-likeness (QED) is 0.217. The number of hydrogen-bond acceptors (Lipinski definition) is 3. The van der Waals surface area contributed by atoms with Crippen LogP contribution in [0.4, 0.5) is 4.39 Å². The second kappa shape index (κ2) is 8.36. The highest BCUT2D eigenvalue weighted by Gasteiger charge is 2.15. The minimum Gasteiger partial charge on any atom is -0.290 e. The van der Waals surface area contributed by atoms with Gasteiger partial charge in [0.1, 0.15) is 5.82 Å². The van der Waals surface area contributed by atoms with Gasteiger partial charge in [-0.1, -0.05) is 54.6 Å². The molecule has 0 fully saturated rings. The molecule has 5 heteroatoms. The van der Waals surface area contributed by atoms with Crippen LogP contribution < -0.4 is 0 Å². The van der Waals surface area contributed by atoms with E-state index < -0.39 is 0 Å². The standard InChI is InChI=1S/C27H19FN2OS/c1-18-17-30-24(26(29-27(30)32-18)22-11-13-23(28)14-12-22)15-16-25(31)21-9-7-20(8-10-21)19-5-3-2-4-6-19/h2-17H,1H3. The van der Waals surface area contributed by atoms with Crippen LogP contribution in [-0.4, -0.2) is 15.2 Å². The fourth-order valence-corrected chi connectivity index (χ4v) is 4.49. The lowest BCUT2D eigenvalue weighted by molar-refractivity contribution is 0.104. The number of halogens is 1. The molecular weight excluding hydrogens is 419 g/mol. The van der Waals surface area contributed by atoms with Gasteiger partial charge in [-0.2, -0.15) is 0 Å². The van der Waals surface area contributed by atoms with Crippen LogP contribution in [0, 0.1) is 12.7 Å². The van der Waals surface area contributed by atoms with Gasteiger partial charge in [-0.05, 0) is 54.5 Å². The van der Waals surface area contributed by atoms with Crippen LogP contribution in [0.1, 0.15) is 20.9 Å². The molecular formula is C27H19FN2OS. The molecule has 0 radical (unpaired) electrons. The molecule has 5 aromatic rings. The zero-order valence-corrected chi connectivity index (χ0v) is 18.1. The third kappa shape index (κ3) is 3.90. The van der Waals surface area contributed by atoms with Crippen LogP contribution in [0.25, 0.3) is 33.4 Å². The van der Waals surface area contributed by atoms with E-state index >= 15 is 0 Å². The molecule has 156 valence electrons. The van der Waals surface area contributed by atoms with Crippen molar-refractivity contribution in [3.8, 4) is 22.4 Å². The Morgan fingerprint density at radius 2 is 1.56 bits per heavy atom. The number of aromatic nitrogens is 2. The number of aryl methyl sites for hydroxylation is 1. The summed E-state index contributed by atoms with van der Waals surface area (Å²) < 4.78 is 15.4. The fourth-order valence-electron chi connectivity index (χ4n) is 3.66. The number of allylic oxidation sites excluding steroid dienone is 1. The monoisotopic (exact) mass is 438 g/mol. The van der Waals surface area contributed by atoms with Gasteiger partial charge in [-0.25, -0.2) is 9.37 Å². The highest BCUT2D eigenvalue weighted by atomic mass is 32.1. The Hall–Kier alpha value is -3.83. The van der Waals surface area contributed by atoms with Crippen molar-refractivity contribution in [2.45, 2.75) is 6.92 Å². The van der Waals surface area contributed by atoms with Gasteiger partial charge in [-0.15, -0.1) is 11.3 Å². The molecule has 5 rings (SSSR count). The van der Waals surface area contributed by atoms with Gasteiger partial charge in [0.05, 0.1) is 11.4 Å². The lowest BCUT2D eigenvalue weighted by Gasteiger charge is -2.03. The molecule has 0 bridgehead atoms. The molecule has 2 heterocycles. The van der Waals surface area contributed by atoms with E-state index in [-0.39, 0.29) is 11.6 Å². The molecule has 0 saturated heterocycles. The van der Waals surface area contributed by atoms with Gasteiger partial charge in [0.15, 0.2) is 10.7 Å². The minimum atomic E-state index is -0.295. The largest absolute Gasteiger partial charge is 0.290 e. The molecule has 3 aromatic carbocycles. The van der Waals surface area contributed by atoms with Crippen LogP contribution in [0.15, 0.2) is 91.1 Å². The molecule has 0 aliphatic heterocycles. The fraction of sp³-hybridized carbons (Fsp3) is 0.0370. The molecule has 0 aliphatic rings. The van der Waals surface area contributed by atoms with E-state index in [2.05, 4.69) is 0 Å². The number of rotatable bonds is 5. The van der Waals surface area contributed by atoms with E-state index in [1.807, 2.05) is 72.1 Å². The average molecular weight is 439 g/mol. The maximum Gasteiger partial charge on any atom is 0.194 e. The normalized spacial score (nSPS) is 11.4. The number of fused-ring (bicyclic) bond motifs is 1. The second-order valence-corrected chi connectivity index (χ2v) is 8.70. The van der Waals surface area contributed by atoms with E-state index in [1.54, 1.807) is 35.6 Å². The van der Waals surface area contributed by atoms with Crippen LogP contribution in [0.5, 0.6) is 0 Å². The van der Waals surface area contributed by atoms with E-state index in [0.29, 0.717) is 5.56 Å². The van der Waals surface area contributed by atoms with Crippen molar-refractivity contribution >= 4 is 28.2 Å². The maximum absolute atomic E-state index is 13.4. The van der Waals surface area contributed by atoms with Crippen molar-refractivity contribution in [3.05, 3.63) is 113 Å². The number of thiazole rings is 1. The van der Waals surface area contributed by atoms with E-state index in [9.17, 15) is 9.18 Å². The van der Waals surface area contributed by atoms with Gasteiger partial charge in [0.2, 0.25) is 0 Å². The molecule has 32 heavy (non-hydrogen) atoms. The number of imidazole rings is 1. The zero-order valence-electron chi connectivity index (χ0n) is 17.3. The van der Waals surface area contributed by atoms with Crippen LogP contribution in [0.3, 0.4) is 0 Å². The first kappa shape index (κ1) is 20.1. The summed E-state index contributed by atoms with van der Waals surface area (Å²) in [6.45, 7) is 2.02. The Bertz CT molecular complexity index is 1430. The van der Waals surface area contributed by atoms with Crippen molar-refractivity contribution < 1.29 is 9.18 Å². The van der Waals surface area contributed by atoms with Crippen molar-refractivity contribution in [3.63, 3.8) is 0 Å². The Morgan fingerprint density at radius 1 is 0.906 bits per heavy atom. The van der Waals surface area contributed by atoms with Crippen molar-refractivity contribution in [2.75, 3.05) is 0 Å². The molecule has 2 aromatic heterocycles. The Kier molecular flexibility index (Phi) is 5.25. The average Bonchev–Trinajstić information content (AvgIpc) is 3.34. The molecule has 0 saturated carbocycles. The number of benzene rings is 3. The van der Waals surface area contributed by atoms with Crippen molar-refractivity contribution in [1.82, 2.24) is 9.38 Å². The van der Waals surface area contributed by atoms with Gasteiger partial charge in [-0.3, -0.25) is 9.20 Å². The first-order valence-corrected chi connectivity index (χ1v) is 11.0. The first-order chi connectivity index (χ1) is 15.6. The summed E-state index contributed by atoms with van der Waals surface area (Å²) in [5, 5.41) is 0. The Labute approximate surface area is 189 Å². The summed E-state index contributed by atoms with van der Waals surface area (Å²) in [7, 11) is 0. The lowest BCUT2D eigenvalue weighted by atomic mass is 10.0. The molecule has 0 unspecified atom stereocenters.